The van der Waals surface area contributed by atoms with Crippen molar-refractivity contribution in [2.75, 3.05) is 5.32 Å². The number of rotatable bonds is 2. The van der Waals surface area contributed by atoms with Crippen LogP contribution >= 0.6 is 0 Å². The van der Waals surface area contributed by atoms with Gasteiger partial charge in [0.2, 0.25) is 0 Å². The van der Waals surface area contributed by atoms with Crippen molar-refractivity contribution in [2.24, 2.45) is 0 Å². The molecule has 0 spiro atoms. The molecular weight excluding hydrogens is 264 g/mol. The lowest BCUT2D eigenvalue weighted by atomic mass is 9.87. The molecule has 4 nitrogen and oxygen atoms in total. The molecule has 1 fully saturated rings. The smallest absolute Gasteiger partial charge is 0.319 e. The summed E-state index contributed by atoms with van der Waals surface area (Å²) in [5.74, 6) is 0. The molecular formula is C17H26N2O2. The zero-order chi connectivity index (χ0) is 15.5. The van der Waals surface area contributed by atoms with E-state index in [-0.39, 0.29) is 23.6 Å². The first-order valence-corrected chi connectivity index (χ1v) is 7.71. The third-order valence-corrected chi connectivity index (χ3v) is 4.04. The van der Waals surface area contributed by atoms with Gasteiger partial charge in [0.15, 0.2) is 0 Å². The van der Waals surface area contributed by atoms with E-state index in [2.05, 4.69) is 31.4 Å². The summed E-state index contributed by atoms with van der Waals surface area (Å²) < 4.78 is 0. The van der Waals surface area contributed by atoms with Crippen LogP contribution in [0, 0.1) is 0 Å². The van der Waals surface area contributed by atoms with Gasteiger partial charge in [-0.15, -0.1) is 0 Å². The normalized spacial score (nSPS) is 22.7. The number of amides is 2. The highest BCUT2D eigenvalue weighted by atomic mass is 16.3. The molecule has 21 heavy (non-hydrogen) atoms. The number of anilines is 1. The van der Waals surface area contributed by atoms with E-state index in [1.54, 1.807) is 0 Å². The number of hydrogen-bond acceptors (Lipinski definition) is 2. The summed E-state index contributed by atoms with van der Waals surface area (Å²) in [6.07, 6.45) is 3.03. The summed E-state index contributed by atoms with van der Waals surface area (Å²) in [5, 5.41) is 15.3. The Labute approximate surface area is 126 Å². The lowest BCUT2D eigenvalue weighted by Crippen LogP contribution is -2.40. The van der Waals surface area contributed by atoms with Crippen molar-refractivity contribution in [1.29, 1.82) is 0 Å². The Bertz CT molecular complexity index is 469. The predicted molar refractivity (Wildman–Crippen MR) is 85.6 cm³/mol. The van der Waals surface area contributed by atoms with Gasteiger partial charge in [0.25, 0.3) is 0 Å². The Hall–Kier alpha value is -1.55. The van der Waals surface area contributed by atoms with Crippen LogP contribution in [0.2, 0.25) is 0 Å². The molecule has 0 unspecified atom stereocenters. The van der Waals surface area contributed by atoms with Gasteiger partial charge < -0.3 is 15.7 Å². The lowest BCUT2D eigenvalue weighted by molar-refractivity contribution is 0.118. The summed E-state index contributed by atoms with van der Waals surface area (Å²) in [7, 11) is 0. The molecule has 0 aliphatic heterocycles. The van der Waals surface area contributed by atoms with E-state index in [0.29, 0.717) is 0 Å². The van der Waals surface area contributed by atoms with Crippen LogP contribution < -0.4 is 10.6 Å². The van der Waals surface area contributed by atoms with E-state index >= 15 is 0 Å². The second-order valence-corrected chi connectivity index (χ2v) is 6.93. The first kappa shape index (κ1) is 15.8. The highest BCUT2D eigenvalue weighted by Gasteiger charge is 2.20. The predicted octanol–water partition coefficient (Wildman–Crippen LogP) is 3.41. The molecule has 3 N–H and O–H groups in total. The number of carbonyl (C=O) groups excluding carboxylic acids is 1. The van der Waals surface area contributed by atoms with Crippen LogP contribution in [0.1, 0.15) is 52.0 Å². The largest absolute Gasteiger partial charge is 0.393 e. The van der Waals surface area contributed by atoms with Crippen LogP contribution in [-0.2, 0) is 5.41 Å². The van der Waals surface area contributed by atoms with Crippen LogP contribution in [-0.4, -0.2) is 23.3 Å². The standard InChI is InChI=1S/C17H26N2O2/c1-17(2,3)12-4-6-13(7-5-12)18-16(21)19-14-8-10-15(20)11-9-14/h4-7,14-15,20H,8-11H2,1-3H3,(H2,18,19,21). The topological polar surface area (TPSA) is 61.4 Å². The monoisotopic (exact) mass is 290 g/mol. The van der Waals surface area contributed by atoms with Crippen molar-refractivity contribution >= 4 is 11.7 Å². The number of nitrogens with one attached hydrogen (secondary N) is 2. The van der Waals surface area contributed by atoms with Crippen molar-refractivity contribution in [2.45, 2.75) is 64.0 Å². The first-order chi connectivity index (χ1) is 9.84. The summed E-state index contributed by atoms with van der Waals surface area (Å²) in [6, 6.07) is 7.97. The van der Waals surface area contributed by atoms with Crippen molar-refractivity contribution in [1.82, 2.24) is 5.32 Å². The quantitative estimate of drug-likeness (QED) is 0.781. The maximum Gasteiger partial charge on any atom is 0.319 e. The molecule has 1 saturated carbocycles. The van der Waals surface area contributed by atoms with E-state index in [4.69, 9.17) is 0 Å². The Morgan fingerprint density at radius 1 is 1.10 bits per heavy atom. The summed E-state index contributed by atoms with van der Waals surface area (Å²) in [4.78, 5) is 12.0. The van der Waals surface area contributed by atoms with Gasteiger partial charge >= 0.3 is 6.03 Å². The van der Waals surface area contributed by atoms with Crippen molar-refractivity contribution in [3.05, 3.63) is 29.8 Å². The summed E-state index contributed by atoms with van der Waals surface area (Å²) in [5.41, 5.74) is 2.16. The van der Waals surface area contributed by atoms with E-state index in [0.717, 1.165) is 31.4 Å². The van der Waals surface area contributed by atoms with Crippen LogP contribution in [0.3, 0.4) is 0 Å². The van der Waals surface area contributed by atoms with Crippen molar-refractivity contribution in [3.8, 4) is 0 Å². The number of aliphatic hydroxyl groups is 1. The number of hydrogen-bond donors (Lipinski definition) is 3. The van der Waals surface area contributed by atoms with Crippen LogP contribution in [0.15, 0.2) is 24.3 Å². The fraction of sp³-hybridized carbons (Fsp3) is 0.588. The van der Waals surface area contributed by atoms with Gasteiger partial charge in [-0.3, -0.25) is 0 Å². The van der Waals surface area contributed by atoms with Gasteiger partial charge in [-0.1, -0.05) is 32.9 Å². The van der Waals surface area contributed by atoms with Gasteiger partial charge in [-0.05, 0) is 48.8 Å². The molecule has 2 rings (SSSR count). The molecule has 0 aromatic heterocycles. The Kier molecular flexibility index (Phi) is 4.88. The van der Waals surface area contributed by atoms with E-state index in [1.165, 1.54) is 5.56 Å². The number of carbonyl (C=O) groups is 1. The first-order valence-electron chi connectivity index (χ1n) is 7.71. The zero-order valence-corrected chi connectivity index (χ0v) is 13.1. The van der Waals surface area contributed by atoms with Crippen LogP contribution in [0.25, 0.3) is 0 Å². The molecule has 1 aliphatic rings. The molecule has 116 valence electrons. The van der Waals surface area contributed by atoms with Crippen LogP contribution in [0.4, 0.5) is 10.5 Å². The third kappa shape index (κ3) is 4.74. The summed E-state index contributed by atoms with van der Waals surface area (Å²) in [6.45, 7) is 6.50. The second-order valence-electron chi connectivity index (χ2n) is 6.93. The minimum atomic E-state index is -0.198. The molecule has 0 atom stereocenters. The average molecular weight is 290 g/mol. The van der Waals surface area contributed by atoms with Gasteiger partial charge in [0.1, 0.15) is 0 Å². The fourth-order valence-corrected chi connectivity index (χ4v) is 2.63. The fourth-order valence-electron chi connectivity index (χ4n) is 2.63. The molecule has 1 aromatic rings. The van der Waals surface area contributed by atoms with E-state index in [9.17, 15) is 9.90 Å². The Morgan fingerprint density at radius 3 is 2.19 bits per heavy atom. The lowest BCUT2D eigenvalue weighted by Gasteiger charge is -2.26. The van der Waals surface area contributed by atoms with E-state index in [1.807, 2.05) is 24.3 Å². The number of benzene rings is 1. The molecule has 1 aromatic carbocycles. The molecule has 1 aliphatic carbocycles. The maximum atomic E-state index is 12.0. The second kappa shape index (κ2) is 6.48. The average Bonchev–Trinajstić information content (AvgIpc) is 2.41. The Morgan fingerprint density at radius 2 is 1.67 bits per heavy atom. The molecule has 0 saturated heterocycles. The van der Waals surface area contributed by atoms with Gasteiger partial charge in [0, 0.05) is 11.7 Å². The minimum Gasteiger partial charge on any atom is -0.393 e. The summed E-state index contributed by atoms with van der Waals surface area (Å²) >= 11 is 0. The van der Waals surface area contributed by atoms with Crippen molar-refractivity contribution in [3.63, 3.8) is 0 Å². The molecule has 0 heterocycles. The van der Waals surface area contributed by atoms with Crippen molar-refractivity contribution < 1.29 is 9.90 Å². The highest BCUT2D eigenvalue weighted by Crippen LogP contribution is 2.23. The minimum absolute atomic E-state index is 0.115. The van der Waals surface area contributed by atoms with Gasteiger partial charge in [-0.25, -0.2) is 4.79 Å². The zero-order valence-electron chi connectivity index (χ0n) is 13.1. The molecule has 0 radical (unpaired) electrons. The number of urea groups is 1. The SMILES string of the molecule is CC(C)(C)c1ccc(NC(=O)NC2CCC(O)CC2)cc1. The van der Waals surface area contributed by atoms with Crippen LogP contribution in [0.5, 0.6) is 0 Å². The third-order valence-electron chi connectivity index (χ3n) is 4.04. The van der Waals surface area contributed by atoms with Gasteiger partial charge in [-0.2, -0.15) is 0 Å². The van der Waals surface area contributed by atoms with E-state index < -0.39 is 0 Å². The highest BCUT2D eigenvalue weighted by molar-refractivity contribution is 5.89. The van der Waals surface area contributed by atoms with Gasteiger partial charge in [0.05, 0.1) is 6.10 Å². The maximum absolute atomic E-state index is 12.0. The molecule has 4 heteroatoms. The Balaban J connectivity index is 1.85. The molecule has 0 bridgehead atoms. The molecule has 2 amide bonds. The number of aliphatic hydroxyl groups excluding tert-OH is 1.